The van der Waals surface area contributed by atoms with E-state index in [0.717, 1.165) is 25.7 Å². The van der Waals surface area contributed by atoms with Crippen LogP contribution in [-0.4, -0.2) is 35.7 Å². The van der Waals surface area contributed by atoms with Crippen molar-refractivity contribution in [1.29, 1.82) is 0 Å². The molecule has 17 heavy (non-hydrogen) atoms. The van der Waals surface area contributed by atoms with E-state index in [1.54, 1.807) is 6.92 Å². The largest absolute Gasteiger partial charge is 0.396 e. The maximum atomic E-state index is 11.5. The molecule has 3 unspecified atom stereocenters. The molecule has 1 aliphatic carbocycles. The number of nitrogens with one attached hydrogen (secondary N) is 2. The summed E-state index contributed by atoms with van der Waals surface area (Å²) in [6.07, 6.45) is 4.13. The van der Waals surface area contributed by atoms with Gasteiger partial charge in [-0.15, -0.1) is 0 Å². The summed E-state index contributed by atoms with van der Waals surface area (Å²) in [5.41, 5.74) is 4.88. The lowest BCUT2D eigenvalue weighted by Crippen LogP contribution is -2.52. The Bertz CT molecular complexity index is 283. The second kappa shape index (κ2) is 6.56. The van der Waals surface area contributed by atoms with Crippen LogP contribution in [-0.2, 0) is 4.79 Å². The number of carbonyl (C=O) groups excluding carboxylic acids is 2. The van der Waals surface area contributed by atoms with E-state index in [2.05, 4.69) is 5.32 Å². The van der Waals surface area contributed by atoms with Gasteiger partial charge in [-0.05, 0) is 25.7 Å². The van der Waals surface area contributed by atoms with Crippen LogP contribution >= 0.6 is 0 Å². The number of carbonyl (C=O) groups is 2. The van der Waals surface area contributed by atoms with Crippen LogP contribution in [0.15, 0.2) is 0 Å². The molecule has 5 N–H and O–H groups in total. The predicted octanol–water partition coefficient (Wildman–Crippen LogP) is -0.289. The van der Waals surface area contributed by atoms with Gasteiger partial charge in [0, 0.05) is 12.6 Å². The van der Waals surface area contributed by atoms with E-state index in [0.29, 0.717) is 0 Å². The molecule has 1 rings (SSSR count). The van der Waals surface area contributed by atoms with Crippen LogP contribution in [0.4, 0.5) is 4.79 Å². The number of urea groups is 1. The van der Waals surface area contributed by atoms with E-state index in [4.69, 9.17) is 5.73 Å². The first-order chi connectivity index (χ1) is 8.04. The average molecular weight is 243 g/mol. The Morgan fingerprint density at radius 3 is 2.65 bits per heavy atom. The van der Waals surface area contributed by atoms with Crippen LogP contribution in [0.2, 0.25) is 0 Å². The molecule has 0 aromatic carbocycles. The van der Waals surface area contributed by atoms with Gasteiger partial charge in [-0.3, -0.25) is 10.1 Å². The van der Waals surface area contributed by atoms with E-state index in [9.17, 15) is 14.7 Å². The number of aliphatic hydroxyl groups is 1. The van der Waals surface area contributed by atoms with E-state index in [-0.39, 0.29) is 18.6 Å². The third-order valence-corrected chi connectivity index (χ3v) is 3.25. The maximum Gasteiger partial charge on any atom is 0.318 e. The Morgan fingerprint density at radius 1 is 1.41 bits per heavy atom. The van der Waals surface area contributed by atoms with Gasteiger partial charge in [-0.25, -0.2) is 4.79 Å². The zero-order valence-corrected chi connectivity index (χ0v) is 10.1. The minimum absolute atomic E-state index is 0.127. The molecule has 3 amide bonds. The van der Waals surface area contributed by atoms with Crippen LogP contribution < -0.4 is 16.4 Å². The fraction of sp³-hybridized carbons (Fsp3) is 0.818. The molecule has 0 saturated heterocycles. The fourth-order valence-corrected chi connectivity index (χ4v) is 2.27. The molecular weight excluding hydrogens is 222 g/mol. The number of aliphatic hydroxyl groups excluding tert-OH is 1. The van der Waals surface area contributed by atoms with Gasteiger partial charge in [0.1, 0.15) is 0 Å². The van der Waals surface area contributed by atoms with Gasteiger partial charge < -0.3 is 16.2 Å². The van der Waals surface area contributed by atoms with Crippen LogP contribution in [0.1, 0.15) is 32.6 Å². The maximum absolute atomic E-state index is 11.5. The van der Waals surface area contributed by atoms with Crippen LogP contribution in [0.5, 0.6) is 0 Å². The van der Waals surface area contributed by atoms with Crippen molar-refractivity contribution in [2.75, 3.05) is 6.61 Å². The molecule has 0 heterocycles. The quantitative estimate of drug-likeness (QED) is 0.544. The molecule has 1 saturated carbocycles. The minimum Gasteiger partial charge on any atom is -0.396 e. The van der Waals surface area contributed by atoms with Gasteiger partial charge in [-0.2, -0.15) is 0 Å². The number of nitrogens with two attached hydrogens (primary N) is 1. The number of amides is 3. The molecule has 3 atom stereocenters. The van der Waals surface area contributed by atoms with Crippen molar-refractivity contribution in [1.82, 2.24) is 10.6 Å². The molecule has 98 valence electrons. The molecule has 1 aliphatic rings. The van der Waals surface area contributed by atoms with E-state index in [1.165, 1.54) is 0 Å². The molecule has 0 spiro atoms. The number of primary amides is 1. The standard InChI is InChI=1S/C11H21N3O3/c1-7(10(16)14-11(12)17)13-9-5-3-2-4-8(9)6-15/h7-9,13,15H,2-6H2,1H3,(H3,12,14,16,17). The summed E-state index contributed by atoms with van der Waals surface area (Å²) in [7, 11) is 0. The lowest BCUT2D eigenvalue weighted by atomic mass is 9.84. The highest BCUT2D eigenvalue weighted by Gasteiger charge is 2.27. The Morgan fingerprint density at radius 2 is 2.06 bits per heavy atom. The lowest BCUT2D eigenvalue weighted by molar-refractivity contribution is -0.122. The zero-order chi connectivity index (χ0) is 12.8. The smallest absolute Gasteiger partial charge is 0.318 e. The Kier molecular flexibility index (Phi) is 5.37. The van der Waals surface area contributed by atoms with Crippen molar-refractivity contribution in [3.8, 4) is 0 Å². The number of imide groups is 1. The summed E-state index contributed by atoms with van der Waals surface area (Å²) >= 11 is 0. The number of hydrogen-bond acceptors (Lipinski definition) is 4. The first-order valence-corrected chi connectivity index (χ1v) is 6.01. The van der Waals surface area contributed by atoms with Crippen molar-refractivity contribution < 1.29 is 14.7 Å². The predicted molar refractivity (Wildman–Crippen MR) is 63.2 cm³/mol. The summed E-state index contributed by atoms with van der Waals surface area (Å²) in [6, 6.07) is -1.20. The Hall–Kier alpha value is -1.14. The monoisotopic (exact) mass is 243 g/mol. The van der Waals surface area contributed by atoms with Crippen molar-refractivity contribution in [3.05, 3.63) is 0 Å². The van der Waals surface area contributed by atoms with Crippen molar-refractivity contribution in [2.24, 2.45) is 11.7 Å². The second-order valence-electron chi connectivity index (χ2n) is 4.58. The van der Waals surface area contributed by atoms with Gasteiger partial charge in [-0.1, -0.05) is 12.8 Å². The fourth-order valence-electron chi connectivity index (χ4n) is 2.27. The second-order valence-corrected chi connectivity index (χ2v) is 4.58. The molecule has 0 aromatic rings. The molecular formula is C11H21N3O3. The Balaban J connectivity index is 2.45. The molecule has 6 nitrogen and oxygen atoms in total. The van der Waals surface area contributed by atoms with Crippen molar-refractivity contribution in [2.45, 2.75) is 44.7 Å². The number of rotatable bonds is 4. The van der Waals surface area contributed by atoms with Gasteiger partial charge in [0.2, 0.25) is 5.91 Å². The van der Waals surface area contributed by atoms with Crippen molar-refractivity contribution >= 4 is 11.9 Å². The summed E-state index contributed by atoms with van der Waals surface area (Å²) < 4.78 is 0. The van der Waals surface area contributed by atoms with Gasteiger partial charge >= 0.3 is 6.03 Å². The van der Waals surface area contributed by atoms with Gasteiger partial charge in [0.25, 0.3) is 0 Å². The van der Waals surface area contributed by atoms with Crippen LogP contribution in [0.25, 0.3) is 0 Å². The van der Waals surface area contributed by atoms with E-state index in [1.807, 2.05) is 5.32 Å². The van der Waals surface area contributed by atoms with Gasteiger partial charge in [0.15, 0.2) is 0 Å². The summed E-state index contributed by atoms with van der Waals surface area (Å²) in [6.45, 7) is 1.81. The SMILES string of the molecule is CC(NC1CCCCC1CO)C(=O)NC(N)=O. The molecule has 0 aromatic heterocycles. The van der Waals surface area contributed by atoms with Crippen molar-refractivity contribution in [3.63, 3.8) is 0 Å². The molecule has 0 aliphatic heterocycles. The van der Waals surface area contributed by atoms with Gasteiger partial charge in [0.05, 0.1) is 6.04 Å². The first kappa shape index (κ1) is 13.9. The topological polar surface area (TPSA) is 104 Å². The highest BCUT2D eigenvalue weighted by Crippen LogP contribution is 2.24. The van der Waals surface area contributed by atoms with Crippen LogP contribution in [0, 0.1) is 5.92 Å². The summed E-state index contributed by atoms with van der Waals surface area (Å²) in [5.74, 6) is -0.243. The Labute approximate surface area is 101 Å². The zero-order valence-electron chi connectivity index (χ0n) is 10.1. The van der Waals surface area contributed by atoms with Crippen LogP contribution in [0.3, 0.4) is 0 Å². The van der Waals surface area contributed by atoms with E-state index < -0.39 is 18.0 Å². The average Bonchev–Trinajstić information content (AvgIpc) is 2.28. The molecule has 0 radical (unpaired) electrons. The lowest BCUT2D eigenvalue weighted by Gasteiger charge is -2.32. The molecule has 1 fully saturated rings. The van der Waals surface area contributed by atoms with E-state index >= 15 is 0 Å². The highest BCUT2D eigenvalue weighted by molar-refractivity contribution is 5.96. The third kappa shape index (κ3) is 4.32. The summed E-state index contributed by atoms with van der Waals surface area (Å²) in [5, 5.41) is 14.4. The first-order valence-electron chi connectivity index (χ1n) is 6.01. The highest BCUT2D eigenvalue weighted by atomic mass is 16.3. The summed E-state index contributed by atoms with van der Waals surface area (Å²) in [4.78, 5) is 22.0. The number of hydrogen-bond donors (Lipinski definition) is 4. The molecule has 6 heteroatoms. The normalized spacial score (nSPS) is 26.2. The molecule has 0 bridgehead atoms. The third-order valence-electron chi connectivity index (χ3n) is 3.25. The minimum atomic E-state index is -0.842.